The molecule has 146 valence electrons. The van der Waals surface area contributed by atoms with Crippen molar-refractivity contribution in [1.82, 2.24) is 10.2 Å². The van der Waals surface area contributed by atoms with E-state index in [1.54, 1.807) is 0 Å². The van der Waals surface area contributed by atoms with Crippen molar-refractivity contribution < 1.29 is 14.3 Å². The molecule has 5 heteroatoms. The zero-order valence-electron chi connectivity index (χ0n) is 16.0. The third kappa shape index (κ3) is 3.88. The van der Waals surface area contributed by atoms with Crippen LogP contribution in [0.25, 0.3) is 0 Å². The van der Waals surface area contributed by atoms with Gasteiger partial charge in [-0.15, -0.1) is 0 Å². The van der Waals surface area contributed by atoms with E-state index in [4.69, 9.17) is 4.74 Å². The molecule has 4 rings (SSSR count). The topological polar surface area (TPSA) is 58.6 Å². The van der Waals surface area contributed by atoms with Gasteiger partial charge in [0, 0.05) is 44.2 Å². The van der Waals surface area contributed by atoms with Gasteiger partial charge in [-0.2, -0.15) is 0 Å². The van der Waals surface area contributed by atoms with Crippen LogP contribution in [0.5, 0.6) is 0 Å². The van der Waals surface area contributed by atoms with Gasteiger partial charge < -0.3 is 15.0 Å². The maximum atomic E-state index is 12.8. The molecule has 1 aromatic rings. The molecule has 3 aliphatic rings. The minimum absolute atomic E-state index is 0.0330. The first-order chi connectivity index (χ1) is 13.2. The van der Waals surface area contributed by atoms with Crippen LogP contribution in [0.1, 0.15) is 50.5 Å². The van der Waals surface area contributed by atoms with Crippen molar-refractivity contribution in [3.8, 4) is 0 Å². The molecule has 0 spiro atoms. The van der Waals surface area contributed by atoms with Crippen LogP contribution in [0.2, 0.25) is 0 Å². The zero-order chi connectivity index (χ0) is 18.7. The van der Waals surface area contributed by atoms with Crippen molar-refractivity contribution in [3.63, 3.8) is 0 Å². The predicted molar refractivity (Wildman–Crippen MR) is 103 cm³/mol. The lowest BCUT2D eigenvalue weighted by molar-refractivity contribution is -0.130. The molecule has 1 N–H and O–H groups in total. The summed E-state index contributed by atoms with van der Waals surface area (Å²) in [4.78, 5) is 27.2. The summed E-state index contributed by atoms with van der Waals surface area (Å²) >= 11 is 0. The van der Waals surface area contributed by atoms with Gasteiger partial charge in [0.2, 0.25) is 11.8 Å². The van der Waals surface area contributed by atoms with E-state index < -0.39 is 0 Å². The van der Waals surface area contributed by atoms with E-state index in [1.807, 2.05) is 11.0 Å². The number of likely N-dealkylation sites (tertiary alicyclic amines) is 1. The molecule has 2 aliphatic heterocycles. The van der Waals surface area contributed by atoms with Gasteiger partial charge in [-0.1, -0.05) is 43.2 Å². The summed E-state index contributed by atoms with van der Waals surface area (Å²) in [5.41, 5.74) is 1.20. The van der Waals surface area contributed by atoms with Crippen LogP contribution in [0.3, 0.4) is 0 Å². The van der Waals surface area contributed by atoms with E-state index in [2.05, 4.69) is 29.6 Å². The molecule has 2 amide bonds. The summed E-state index contributed by atoms with van der Waals surface area (Å²) in [6.07, 6.45) is 6.78. The number of nitrogens with one attached hydrogen (secondary N) is 1. The van der Waals surface area contributed by atoms with Crippen LogP contribution in [-0.4, -0.2) is 49.1 Å². The molecule has 27 heavy (non-hydrogen) atoms. The summed E-state index contributed by atoms with van der Waals surface area (Å²) < 4.78 is 5.57. The summed E-state index contributed by atoms with van der Waals surface area (Å²) in [6, 6.07) is 10.8. The zero-order valence-corrected chi connectivity index (χ0v) is 16.0. The van der Waals surface area contributed by atoms with Gasteiger partial charge in [0.05, 0.1) is 5.92 Å². The molecule has 1 atom stereocenters. The highest BCUT2D eigenvalue weighted by Crippen LogP contribution is 2.35. The van der Waals surface area contributed by atoms with Gasteiger partial charge in [0.1, 0.15) is 0 Å². The van der Waals surface area contributed by atoms with Crippen LogP contribution in [0.15, 0.2) is 30.3 Å². The number of amides is 2. The van der Waals surface area contributed by atoms with Crippen molar-refractivity contribution in [2.45, 2.75) is 56.4 Å². The highest BCUT2D eigenvalue weighted by molar-refractivity contribution is 5.89. The first kappa shape index (κ1) is 18.5. The number of hydrogen-bond acceptors (Lipinski definition) is 3. The van der Waals surface area contributed by atoms with Gasteiger partial charge in [0.15, 0.2) is 0 Å². The summed E-state index contributed by atoms with van der Waals surface area (Å²) in [5, 5.41) is 3.19. The molecule has 0 radical (unpaired) electrons. The molecule has 1 saturated carbocycles. The Hall–Kier alpha value is -1.88. The molecule has 0 bridgehead atoms. The second-order valence-corrected chi connectivity index (χ2v) is 8.36. The number of hydrogen-bond donors (Lipinski definition) is 1. The number of ether oxygens (including phenoxy) is 1. The van der Waals surface area contributed by atoms with Crippen LogP contribution in [-0.2, 0) is 19.7 Å². The van der Waals surface area contributed by atoms with Crippen LogP contribution < -0.4 is 5.32 Å². The van der Waals surface area contributed by atoms with E-state index >= 15 is 0 Å². The van der Waals surface area contributed by atoms with E-state index in [9.17, 15) is 9.59 Å². The third-order valence-electron chi connectivity index (χ3n) is 6.73. The van der Waals surface area contributed by atoms with Crippen molar-refractivity contribution in [2.75, 3.05) is 26.3 Å². The quantitative estimate of drug-likeness (QED) is 0.867. The van der Waals surface area contributed by atoms with Gasteiger partial charge >= 0.3 is 0 Å². The average molecular weight is 370 g/mol. The molecule has 0 unspecified atom stereocenters. The van der Waals surface area contributed by atoms with Gasteiger partial charge in [0.25, 0.3) is 0 Å². The standard InChI is InChI=1S/C22H30N2O3/c25-20-14-17(15-24(20)19-8-4-5-9-19)21(26)23-16-22(10-12-27-13-11-22)18-6-2-1-3-7-18/h1-3,6-7,17,19H,4-5,8-16H2,(H,23,26)/t17-/m0/s1. The maximum Gasteiger partial charge on any atom is 0.225 e. The minimum atomic E-state index is -0.203. The summed E-state index contributed by atoms with van der Waals surface area (Å²) in [6.45, 7) is 2.66. The number of nitrogens with zero attached hydrogens (tertiary/aromatic N) is 1. The molecule has 1 aromatic carbocycles. The molecule has 1 aliphatic carbocycles. The molecule has 2 heterocycles. The molecule has 2 saturated heterocycles. The Bertz CT molecular complexity index is 663. The fourth-order valence-corrected chi connectivity index (χ4v) is 5.00. The van der Waals surface area contributed by atoms with Crippen LogP contribution >= 0.6 is 0 Å². The van der Waals surface area contributed by atoms with E-state index in [-0.39, 0.29) is 23.1 Å². The second-order valence-electron chi connectivity index (χ2n) is 8.36. The minimum Gasteiger partial charge on any atom is -0.381 e. The van der Waals surface area contributed by atoms with E-state index in [0.29, 0.717) is 25.6 Å². The predicted octanol–water partition coefficient (Wildman–Crippen LogP) is 2.64. The summed E-state index contributed by atoms with van der Waals surface area (Å²) in [5.74, 6) is -0.0118. The normalized spacial score (nSPS) is 25.7. The monoisotopic (exact) mass is 370 g/mol. The number of carbonyl (C=O) groups excluding carboxylic acids is 2. The molecular weight excluding hydrogens is 340 g/mol. The van der Waals surface area contributed by atoms with Crippen LogP contribution in [0, 0.1) is 5.92 Å². The fraction of sp³-hybridized carbons (Fsp3) is 0.636. The van der Waals surface area contributed by atoms with Crippen molar-refractivity contribution in [3.05, 3.63) is 35.9 Å². The fourth-order valence-electron chi connectivity index (χ4n) is 5.00. The largest absolute Gasteiger partial charge is 0.381 e. The molecule has 5 nitrogen and oxygen atoms in total. The van der Waals surface area contributed by atoms with Gasteiger partial charge in [-0.05, 0) is 31.2 Å². The SMILES string of the molecule is O=C(NCC1(c2ccccc2)CCOCC1)[C@H]1CC(=O)N(C2CCCC2)C1. The molecular formula is C22H30N2O3. The number of benzene rings is 1. The first-order valence-electron chi connectivity index (χ1n) is 10.4. The Morgan fingerprint density at radius 3 is 2.56 bits per heavy atom. The molecule has 0 aromatic heterocycles. The number of carbonyl (C=O) groups is 2. The highest BCUT2D eigenvalue weighted by atomic mass is 16.5. The Labute approximate surface area is 161 Å². The Morgan fingerprint density at radius 1 is 1.15 bits per heavy atom. The molecule has 3 fully saturated rings. The Balaban J connectivity index is 1.39. The number of rotatable bonds is 5. The highest BCUT2D eigenvalue weighted by Gasteiger charge is 2.40. The lowest BCUT2D eigenvalue weighted by Crippen LogP contribution is -2.46. The van der Waals surface area contributed by atoms with E-state index in [1.165, 1.54) is 18.4 Å². The van der Waals surface area contributed by atoms with Crippen molar-refractivity contribution >= 4 is 11.8 Å². The van der Waals surface area contributed by atoms with Crippen LogP contribution in [0.4, 0.5) is 0 Å². The lowest BCUT2D eigenvalue weighted by Gasteiger charge is -2.38. The first-order valence-corrected chi connectivity index (χ1v) is 10.4. The average Bonchev–Trinajstić information content (AvgIpc) is 3.37. The smallest absolute Gasteiger partial charge is 0.225 e. The third-order valence-corrected chi connectivity index (χ3v) is 6.73. The maximum absolute atomic E-state index is 12.8. The van der Waals surface area contributed by atoms with Crippen molar-refractivity contribution in [1.29, 1.82) is 0 Å². The Kier molecular flexibility index (Phi) is 5.48. The van der Waals surface area contributed by atoms with Crippen molar-refractivity contribution in [2.24, 2.45) is 5.92 Å². The summed E-state index contributed by atoms with van der Waals surface area (Å²) in [7, 11) is 0. The van der Waals surface area contributed by atoms with Gasteiger partial charge in [-0.25, -0.2) is 0 Å². The lowest BCUT2D eigenvalue weighted by atomic mass is 9.74. The Morgan fingerprint density at radius 2 is 1.85 bits per heavy atom. The second kappa shape index (κ2) is 8.01. The van der Waals surface area contributed by atoms with Gasteiger partial charge in [-0.3, -0.25) is 9.59 Å². The van der Waals surface area contributed by atoms with E-state index in [0.717, 1.165) is 38.9 Å².